The van der Waals surface area contributed by atoms with E-state index in [1.165, 1.54) is 11.1 Å². The van der Waals surface area contributed by atoms with Crippen molar-refractivity contribution in [2.45, 2.75) is 79.9 Å². The summed E-state index contributed by atoms with van der Waals surface area (Å²) in [6.45, 7) is 16.2. The van der Waals surface area contributed by atoms with Crippen LogP contribution in [-0.2, 0) is 0 Å². The van der Waals surface area contributed by atoms with Crippen molar-refractivity contribution in [3.63, 3.8) is 0 Å². The van der Waals surface area contributed by atoms with Gasteiger partial charge in [-0.2, -0.15) is 0 Å². The van der Waals surface area contributed by atoms with E-state index in [-0.39, 0.29) is 24.1 Å². The van der Waals surface area contributed by atoms with Crippen LogP contribution in [0.25, 0.3) is 11.0 Å². The number of rotatable bonds is 9. The second-order valence-corrected chi connectivity index (χ2v) is 9.27. The Morgan fingerprint density at radius 1 is 1.10 bits per heavy atom. The lowest BCUT2D eigenvalue weighted by Gasteiger charge is -2.21. The molecule has 0 atom stereocenters. The number of hydrogen-bond donors (Lipinski definition) is 0. The molecular weight excluding hydrogens is 392 g/mol. The molecule has 1 aromatic carbocycles. The number of fused-ring (bicyclic) bond motifs is 1. The quantitative estimate of drug-likeness (QED) is 0.324. The van der Waals surface area contributed by atoms with Gasteiger partial charge in [0.2, 0.25) is 5.75 Å². The molecule has 1 aromatic heterocycles. The minimum Gasteiger partial charge on any atom is -0.488 e. The molecule has 0 fully saturated rings. The van der Waals surface area contributed by atoms with Crippen molar-refractivity contribution in [1.82, 2.24) is 0 Å². The summed E-state index contributed by atoms with van der Waals surface area (Å²) < 4.78 is 23.2. The van der Waals surface area contributed by atoms with E-state index in [0.717, 1.165) is 12.8 Å². The van der Waals surface area contributed by atoms with Crippen molar-refractivity contribution in [3.8, 4) is 17.2 Å². The summed E-state index contributed by atoms with van der Waals surface area (Å²) in [5.74, 6) is 1.13. The molecule has 0 spiro atoms. The van der Waals surface area contributed by atoms with Gasteiger partial charge in [-0.05, 0) is 86.4 Å². The molecule has 0 aliphatic rings. The minimum atomic E-state index is -0.563. The van der Waals surface area contributed by atoms with Crippen LogP contribution >= 0.6 is 0 Å². The summed E-state index contributed by atoms with van der Waals surface area (Å²) in [6.07, 6.45) is 6.01. The molecule has 0 aliphatic carbocycles. The fourth-order valence-electron chi connectivity index (χ4n) is 2.99. The molecule has 0 N–H and O–H groups in total. The van der Waals surface area contributed by atoms with Crippen LogP contribution in [0.3, 0.4) is 0 Å². The number of hydrogen-bond acceptors (Lipinski definition) is 5. The van der Waals surface area contributed by atoms with Crippen LogP contribution in [0.1, 0.15) is 68.2 Å². The van der Waals surface area contributed by atoms with Gasteiger partial charge in [0, 0.05) is 6.07 Å². The summed E-state index contributed by atoms with van der Waals surface area (Å²) in [7, 11) is 0. The second-order valence-electron chi connectivity index (χ2n) is 9.27. The summed E-state index contributed by atoms with van der Waals surface area (Å²) >= 11 is 0. The van der Waals surface area contributed by atoms with Gasteiger partial charge in [-0.15, -0.1) is 0 Å². The van der Waals surface area contributed by atoms with E-state index in [1.54, 1.807) is 6.07 Å². The molecule has 31 heavy (non-hydrogen) atoms. The van der Waals surface area contributed by atoms with Crippen LogP contribution in [0.2, 0.25) is 0 Å². The molecule has 5 nitrogen and oxygen atoms in total. The van der Waals surface area contributed by atoms with Crippen molar-refractivity contribution < 1.29 is 18.6 Å². The van der Waals surface area contributed by atoms with E-state index in [2.05, 4.69) is 26.8 Å². The maximum atomic E-state index is 12.7. The molecule has 0 unspecified atom stereocenters. The molecule has 170 valence electrons. The Kier molecular flexibility index (Phi) is 8.37. The van der Waals surface area contributed by atoms with Gasteiger partial charge in [0.15, 0.2) is 5.75 Å². The third kappa shape index (κ3) is 7.82. The molecular formula is C26H36O5. The predicted molar refractivity (Wildman–Crippen MR) is 127 cm³/mol. The van der Waals surface area contributed by atoms with Gasteiger partial charge < -0.3 is 18.6 Å². The lowest BCUT2D eigenvalue weighted by atomic mass is 10.1. The van der Waals surface area contributed by atoms with Gasteiger partial charge in [0.1, 0.15) is 23.5 Å². The van der Waals surface area contributed by atoms with E-state index < -0.39 is 5.63 Å². The SMILES string of the molecule is CC(C)=CCC/C(C)=C/COc1c(OC(C)C)c2ccc(OC(C)(C)C)cc2oc1=O. The van der Waals surface area contributed by atoms with Crippen LogP contribution in [0, 0.1) is 0 Å². The maximum Gasteiger partial charge on any atom is 0.383 e. The van der Waals surface area contributed by atoms with Crippen molar-refractivity contribution in [1.29, 1.82) is 0 Å². The van der Waals surface area contributed by atoms with E-state index in [1.807, 2.05) is 52.8 Å². The molecule has 0 aliphatic heterocycles. The highest BCUT2D eigenvalue weighted by Gasteiger charge is 2.20. The zero-order valence-corrected chi connectivity index (χ0v) is 20.1. The third-order valence-electron chi connectivity index (χ3n) is 4.32. The number of ether oxygens (including phenoxy) is 3. The van der Waals surface area contributed by atoms with Crippen LogP contribution in [-0.4, -0.2) is 18.3 Å². The van der Waals surface area contributed by atoms with E-state index in [0.29, 0.717) is 22.5 Å². The summed E-state index contributed by atoms with van der Waals surface area (Å²) in [4.78, 5) is 12.7. The monoisotopic (exact) mass is 428 g/mol. The van der Waals surface area contributed by atoms with Crippen LogP contribution < -0.4 is 19.8 Å². The highest BCUT2D eigenvalue weighted by atomic mass is 16.5. The van der Waals surface area contributed by atoms with Crippen LogP contribution in [0.4, 0.5) is 0 Å². The van der Waals surface area contributed by atoms with Crippen molar-refractivity contribution in [2.24, 2.45) is 0 Å². The molecule has 1 heterocycles. The van der Waals surface area contributed by atoms with E-state index in [4.69, 9.17) is 18.6 Å². The Labute approximate surface area is 185 Å². The first-order valence-electron chi connectivity index (χ1n) is 10.8. The Hall–Kier alpha value is -2.69. The van der Waals surface area contributed by atoms with Gasteiger partial charge in [0.05, 0.1) is 11.5 Å². The first-order chi connectivity index (χ1) is 14.5. The maximum absolute atomic E-state index is 12.7. The van der Waals surface area contributed by atoms with E-state index >= 15 is 0 Å². The van der Waals surface area contributed by atoms with Gasteiger partial charge in [-0.1, -0.05) is 17.2 Å². The summed E-state index contributed by atoms with van der Waals surface area (Å²) in [6, 6.07) is 5.40. The standard InChI is InChI=1S/C26H36O5/c1-17(2)10-9-11-19(5)14-15-28-24-23(29-18(3)4)21-13-12-20(31-26(6,7)8)16-22(21)30-25(24)27/h10,12-14,16,18H,9,11,15H2,1-8H3/b19-14+. The fourth-order valence-corrected chi connectivity index (χ4v) is 2.99. The normalized spacial score (nSPS) is 12.2. The highest BCUT2D eigenvalue weighted by Crippen LogP contribution is 2.36. The molecule has 0 saturated carbocycles. The molecule has 0 radical (unpaired) electrons. The second kappa shape index (κ2) is 10.6. The topological polar surface area (TPSA) is 57.9 Å². The average Bonchev–Trinajstić information content (AvgIpc) is 2.61. The lowest BCUT2D eigenvalue weighted by Crippen LogP contribution is -2.22. The first-order valence-corrected chi connectivity index (χ1v) is 10.8. The largest absolute Gasteiger partial charge is 0.488 e. The minimum absolute atomic E-state index is 0.0963. The Morgan fingerprint density at radius 2 is 1.81 bits per heavy atom. The van der Waals surface area contributed by atoms with Gasteiger partial charge in [-0.25, -0.2) is 4.79 Å². The highest BCUT2D eigenvalue weighted by molar-refractivity contribution is 5.86. The summed E-state index contributed by atoms with van der Waals surface area (Å²) in [5.41, 5.74) is 2.00. The number of allylic oxidation sites excluding steroid dienone is 3. The van der Waals surface area contributed by atoms with E-state index in [9.17, 15) is 4.79 Å². The average molecular weight is 429 g/mol. The van der Waals surface area contributed by atoms with Crippen molar-refractivity contribution >= 4 is 11.0 Å². The fraction of sp³-hybridized carbons (Fsp3) is 0.500. The summed E-state index contributed by atoms with van der Waals surface area (Å²) in [5, 5.41) is 0.675. The lowest BCUT2D eigenvalue weighted by molar-refractivity contribution is 0.131. The smallest absolute Gasteiger partial charge is 0.383 e. The molecule has 2 rings (SSSR count). The van der Waals surface area contributed by atoms with Crippen molar-refractivity contribution in [2.75, 3.05) is 6.61 Å². The zero-order chi connectivity index (χ0) is 23.2. The first kappa shape index (κ1) is 24.6. The van der Waals surface area contributed by atoms with Gasteiger partial charge >= 0.3 is 5.63 Å². The van der Waals surface area contributed by atoms with Gasteiger partial charge in [-0.3, -0.25) is 0 Å². The molecule has 2 aromatic rings. The Balaban J connectivity index is 2.32. The molecule has 0 saturated heterocycles. The molecule has 5 heteroatoms. The van der Waals surface area contributed by atoms with Crippen LogP contribution in [0.5, 0.6) is 17.2 Å². The molecule has 0 amide bonds. The third-order valence-corrected chi connectivity index (χ3v) is 4.32. The zero-order valence-electron chi connectivity index (χ0n) is 20.1. The molecule has 0 bridgehead atoms. The predicted octanol–water partition coefficient (Wildman–Crippen LogP) is 6.83. The Morgan fingerprint density at radius 3 is 2.42 bits per heavy atom. The van der Waals surface area contributed by atoms with Gasteiger partial charge in [0.25, 0.3) is 0 Å². The Bertz CT molecular complexity index is 999. The van der Waals surface area contributed by atoms with Crippen LogP contribution in [0.15, 0.2) is 50.7 Å². The van der Waals surface area contributed by atoms with Crippen molar-refractivity contribution in [3.05, 3.63) is 51.9 Å². The number of benzene rings is 1.